The van der Waals surface area contributed by atoms with E-state index in [0.717, 1.165) is 30.6 Å². The molecule has 0 aromatic carbocycles. The van der Waals surface area contributed by atoms with Gasteiger partial charge in [-0.1, -0.05) is 20.8 Å². The molecular formula is C19H38F3N2O6S3+. The average molecular weight is 544 g/mol. The standard InChI is InChI=1S/C19H37F3N2O6S3/c1-5-12-24(13-6-2)33(29,30)18(32(27,28)19(20,21)22)31(25,26)15-7-14-23(4)17-10-8-16(3)9-11-17/h16-18H,5-15H2,1-4H3/p+1. The van der Waals surface area contributed by atoms with Gasteiger partial charge in [0.25, 0.3) is 13.8 Å². The number of nitrogens with one attached hydrogen (secondary N) is 1. The summed E-state index contributed by atoms with van der Waals surface area (Å²) < 4.78 is 113. The molecule has 0 aromatic heterocycles. The molecule has 1 saturated carbocycles. The number of halogens is 3. The van der Waals surface area contributed by atoms with Crippen molar-refractivity contribution in [1.82, 2.24) is 4.31 Å². The summed E-state index contributed by atoms with van der Waals surface area (Å²) in [7, 11) is -15.2. The van der Waals surface area contributed by atoms with Crippen LogP contribution in [0.4, 0.5) is 13.2 Å². The van der Waals surface area contributed by atoms with Crippen LogP contribution in [-0.4, -0.2) is 77.5 Å². The molecule has 0 bridgehead atoms. The van der Waals surface area contributed by atoms with Gasteiger partial charge in [-0.3, -0.25) is 0 Å². The Hall–Kier alpha value is -0.440. The molecule has 1 aliphatic carbocycles. The summed E-state index contributed by atoms with van der Waals surface area (Å²) in [6.45, 7) is 5.01. The number of sulfonamides is 1. The number of rotatable bonds is 13. The van der Waals surface area contributed by atoms with E-state index < -0.39 is 44.9 Å². The summed E-state index contributed by atoms with van der Waals surface area (Å²) >= 11 is 0. The molecule has 1 fully saturated rings. The number of nitrogens with zero attached hydrogens (tertiary/aromatic N) is 1. The lowest BCUT2D eigenvalue weighted by Crippen LogP contribution is -3.13. The second kappa shape index (κ2) is 12.0. The normalized spacial score (nSPS) is 22.9. The van der Waals surface area contributed by atoms with E-state index in [4.69, 9.17) is 0 Å². The summed E-state index contributed by atoms with van der Waals surface area (Å²) in [4.78, 5) is 1.01. The predicted octanol–water partition coefficient (Wildman–Crippen LogP) is 1.55. The SMILES string of the molecule is CCCN(CCC)S(=O)(=O)C(S(=O)(=O)CCC[NH+](C)C1CCC(C)CC1)S(=O)(=O)C(F)(F)F. The minimum atomic E-state index is -6.54. The van der Waals surface area contributed by atoms with Gasteiger partial charge in [-0.2, -0.15) is 17.5 Å². The fourth-order valence-corrected chi connectivity index (χ4v) is 12.6. The number of alkyl halides is 3. The molecule has 14 heteroatoms. The molecule has 2 unspecified atom stereocenters. The van der Waals surface area contributed by atoms with Gasteiger partial charge < -0.3 is 4.90 Å². The van der Waals surface area contributed by atoms with E-state index >= 15 is 0 Å². The first-order chi connectivity index (χ1) is 15.0. The van der Waals surface area contributed by atoms with Crippen LogP contribution in [0.3, 0.4) is 0 Å². The molecule has 2 atom stereocenters. The van der Waals surface area contributed by atoms with Crippen LogP contribution in [0, 0.1) is 5.92 Å². The van der Waals surface area contributed by atoms with Gasteiger partial charge in [-0.05, 0) is 44.4 Å². The molecule has 1 aliphatic rings. The summed E-state index contributed by atoms with van der Waals surface area (Å²) in [6.07, 6.45) is 4.20. The Bertz CT molecular complexity index is 922. The van der Waals surface area contributed by atoms with E-state index in [1.165, 1.54) is 0 Å². The molecule has 0 aliphatic heterocycles. The maximum absolute atomic E-state index is 13.4. The Labute approximate surface area is 196 Å². The predicted molar refractivity (Wildman–Crippen MR) is 121 cm³/mol. The summed E-state index contributed by atoms with van der Waals surface area (Å²) in [5, 5.41) is 0. The third kappa shape index (κ3) is 7.77. The zero-order chi connectivity index (χ0) is 25.7. The third-order valence-corrected chi connectivity index (χ3v) is 15.0. The minimum absolute atomic E-state index is 0.138. The van der Waals surface area contributed by atoms with E-state index in [-0.39, 0.29) is 44.9 Å². The maximum atomic E-state index is 13.4. The Kier molecular flexibility index (Phi) is 11.1. The van der Waals surface area contributed by atoms with Gasteiger partial charge in [0.15, 0.2) is 9.84 Å². The number of sulfone groups is 2. The van der Waals surface area contributed by atoms with Gasteiger partial charge in [-0.25, -0.2) is 25.3 Å². The van der Waals surface area contributed by atoms with Gasteiger partial charge in [0.1, 0.15) is 0 Å². The fourth-order valence-electron chi connectivity index (χ4n) is 4.24. The van der Waals surface area contributed by atoms with Crippen molar-refractivity contribution in [3.05, 3.63) is 0 Å². The monoisotopic (exact) mass is 543 g/mol. The van der Waals surface area contributed by atoms with Crippen LogP contribution in [0.2, 0.25) is 0 Å². The van der Waals surface area contributed by atoms with Gasteiger partial charge in [-0.15, -0.1) is 0 Å². The summed E-state index contributed by atoms with van der Waals surface area (Å²) in [6, 6.07) is 0.284. The van der Waals surface area contributed by atoms with Crippen molar-refractivity contribution < 1.29 is 43.3 Å². The van der Waals surface area contributed by atoms with Gasteiger partial charge in [0, 0.05) is 19.5 Å². The fraction of sp³-hybridized carbons (Fsp3) is 1.00. The van der Waals surface area contributed by atoms with Gasteiger partial charge in [0.2, 0.25) is 10.0 Å². The van der Waals surface area contributed by atoms with Crippen LogP contribution in [0.15, 0.2) is 0 Å². The first kappa shape index (κ1) is 30.6. The van der Waals surface area contributed by atoms with Gasteiger partial charge in [0.05, 0.1) is 25.4 Å². The van der Waals surface area contributed by atoms with Crippen molar-refractivity contribution >= 4 is 29.7 Å². The second-order valence-corrected chi connectivity index (χ2v) is 16.1. The lowest BCUT2D eigenvalue weighted by molar-refractivity contribution is -0.907. The van der Waals surface area contributed by atoms with Crippen LogP contribution >= 0.6 is 0 Å². The van der Waals surface area contributed by atoms with Crippen LogP contribution < -0.4 is 4.90 Å². The van der Waals surface area contributed by atoms with Crippen molar-refractivity contribution in [2.75, 3.05) is 32.4 Å². The molecule has 0 heterocycles. The smallest absolute Gasteiger partial charge is 0.335 e. The first-order valence-electron chi connectivity index (χ1n) is 11.3. The highest BCUT2D eigenvalue weighted by Gasteiger charge is 2.62. The zero-order valence-corrected chi connectivity index (χ0v) is 22.2. The molecule has 0 aromatic rings. The lowest BCUT2D eigenvalue weighted by Gasteiger charge is -2.31. The van der Waals surface area contributed by atoms with Crippen LogP contribution in [-0.2, 0) is 29.7 Å². The van der Waals surface area contributed by atoms with Crippen molar-refractivity contribution in [3.8, 4) is 0 Å². The molecular weight excluding hydrogens is 505 g/mol. The van der Waals surface area contributed by atoms with Gasteiger partial charge >= 0.3 is 5.51 Å². The van der Waals surface area contributed by atoms with E-state index in [1.54, 1.807) is 13.8 Å². The molecule has 198 valence electrons. The van der Waals surface area contributed by atoms with Crippen molar-refractivity contribution in [3.63, 3.8) is 0 Å². The highest BCUT2D eigenvalue weighted by atomic mass is 32.3. The maximum Gasteiger partial charge on any atom is 0.499 e. The Morgan fingerprint density at radius 2 is 1.42 bits per heavy atom. The number of quaternary nitrogens is 1. The van der Waals surface area contributed by atoms with E-state index in [9.17, 15) is 38.4 Å². The molecule has 0 saturated heterocycles. The van der Waals surface area contributed by atoms with Crippen LogP contribution in [0.1, 0.15) is 65.7 Å². The van der Waals surface area contributed by atoms with Crippen molar-refractivity contribution in [2.45, 2.75) is 81.2 Å². The third-order valence-electron chi connectivity index (χ3n) is 6.13. The molecule has 8 nitrogen and oxygen atoms in total. The lowest BCUT2D eigenvalue weighted by atomic mass is 9.87. The quantitative estimate of drug-likeness (QED) is 0.378. The van der Waals surface area contributed by atoms with Crippen LogP contribution in [0.25, 0.3) is 0 Å². The molecule has 1 N–H and O–H groups in total. The Morgan fingerprint density at radius 3 is 1.85 bits per heavy atom. The molecule has 0 amide bonds. The zero-order valence-electron chi connectivity index (χ0n) is 19.8. The average Bonchev–Trinajstić information content (AvgIpc) is 2.66. The first-order valence-corrected chi connectivity index (χ1v) is 16.1. The number of hydrogen-bond donors (Lipinski definition) is 1. The van der Waals surface area contributed by atoms with E-state index in [2.05, 4.69) is 6.92 Å². The topological polar surface area (TPSA) is 110 Å². The Balaban J connectivity index is 3.19. The van der Waals surface area contributed by atoms with E-state index in [0.29, 0.717) is 10.2 Å². The highest BCUT2D eigenvalue weighted by Crippen LogP contribution is 2.34. The van der Waals surface area contributed by atoms with Crippen LogP contribution in [0.5, 0.6) is 0 Å². The highest BCUT2D eigenvalue weighted by molar-refractivity contribution is 8.23. The van der Waals surface area contributed by atoms with Crippen molar-refractivity contribution in [1.29, 1.82) is 0 Å². The number of hydrogen-bond acceptors (Lipinski definition) is 6. The van der Waals surface area contributed by atoms with Crippen molar-refractivity contribution in [2.24, 2.45) is 5.92 Å². The second-order valence-electron chi connectivity index (χ2n) is 9.00. The summed E-state index contributed by atoms with van der Waals surface area (Å²) in [5.41, 5.74) is -6.03. The Morgan fingerprint density at radius 1 is 0.939 bits per heavy atom. The molecule has 0 spiro atoms. The molecule has 33 heavy (non-hydrogen) atoms. The summed E-state index contributed by atoms with van der Waals surface area (Å²) in [5.74, 6) is -0.346. The van der Waals surface area contributed by atoms with E-state index in [1.807, 2.05) is 7.05 Å². The molecule has 1 rings (SSSR count). The molecule has 0 radical (unpaired) electrons. The minimum Gasteiger partial charge on any atom is -0.335 e. The largest absolute Gasteiger partial charge is 0.499 e.